The topological polar surface area (TPSA) is 75.6 Å². The highest BCUT2D eigenvalue weighted by Crippen LogP contribution is 2.22. The average Bonchev–Trinajstić information content (AvgIpc) is 2.64. The van der Waals surface area contributed by atoms with Crippen molar-refractivity contribution in [1.82, 2.24) is 0 Å². The van der Waals surface area contributed by atoms with E-state index in [9.17, 15) is 22.8 Å². The molecule has 0 unspecified atom stereocenters. The van der Waals surface area contributed by atoms with Gasteiger partial charge < -0.3 is 15.2 Å². The molecule has 28 heavy (non-hydrogen) atoms. The Morgan fingerprint density at radius 3 is 2.21 bits per heavy atom. The van der Waals surface area contributed by atoms with Crippen molar-refractivity contribution in [3.8, 4) is 5.75 Å². The molecule has 0 aliphatic heterocycles. The van der Waals surface area contributed by atoms with Crippen LogP contribution in [-0.2, 0) is 11.2 Å². The zero-order valence-corrected chi connectivity index (χ0v) is 15.0. The summed E-state index contributed by atoms with van der Waals surface area (Å²) >= 11 is 0. The first-order valence-corrected chi connectivity index (χ1v) is 8.64. The summed E-state index contributed by atoms with van der Waals surface area (Å²) in [6.07, 6.45) is -4.80. The van der Waals surface area contributed by atoms with Gasteiger partial charge in [0.2, 0.25) is 0 Å². The summed E-state index contributed by atoms with van der Waals surface area (Å²) in [4.78, 5) is 22.6. The summed E-state index contributed by atoms with van der Waals surface area (Å²) in [5, 5.41) is 11.2. The molecule has 2 N–H and O–H groups in total. The summed E-state index contributed by atoms with van der Waals surface area (Å²) in [6.45, 7) is 0.276. The fraction of sp³-hybridized carbons (Fsp3) is 0.300. The van der Waals surface area contributed by atoms with Crippen LogP contribution in [0.15, 0.2) is 48.5 Å². The van der Waals surface area contributed by atoms with Crippen LogP contribution in [0, 0.1) is 0 Å². The molecule has 0 aliphatic rings. The zero-order valence-electron chi connectivity index (χ0n) is 15.0. The molecule has 0 aliphatic carbocycles. The Hall–Kier alpha value is -3.03. The molecule has 0 fully saturated rings. The molecule has 0 saturated heterocycles. The largest absolute Gasteiger partial charge is 0.494 e. The van der Waals surface area contributed by atoms with Gasteiger partial charge in [0.15, 0.2) is 0 Å². The number of halogens is 3. The minimum atomic E-state index is -4.21. The van der Waals surface area contributed by atoms with Crippen molar-refractivity contribution in [2.24, 2.45) is 0 Å². The van der Waals surface area contributed by atoms with Gasteiger partial charge in [-0.3, -0.25) is 9.59 Å². The highest BCUT2D eigenvalue weighted by atomic mass is 19.4. The molecule has 2 aromatic carbocycles. The molecule has 5 nitrogen and oxygen atoms in total. The number of aryl methyl sites for hydroxylation is 1. The third kappa shape index (κ3) is 7.69. The van der Waals surface area contributed by atoms with E-state index in [-0.39, 0.29) is 25.4 Å². The molecule has 0 atom stereocenters. The maximum absolute atomic E-state index is 12.2. The Balaban J connectivity index is 1.84. The third-order valence-corrected chi connectivity index (χ3v) is 3.83. The minimum absolute atomic E-state index is 0.0309. The summed E-state index contributed by atoms with van der Waals surface area (Å²) in [5.41, 5.74) is 1.38. The van der Waals surface area contributed by atoms with E-state index in [1.807, 2.05) is 0 Å². The van der Waals surface area contributed by atoms with Gasteiger partial charge in [0.1, 0.15) is 5.75 Å². The smallest absolute Gasteiger partial charge is 0.389 e. The first-order chi connectivity index (χ1) is 13.2. The van der Waals surface area contributed by atoms with Crippen LogP contribution in [0.25, 0.3) is 0 Å². The molecule has 8 heteroatoms. The molecular weight excluding hydrogens is 375 g/mol. The summed E-state index contributed by atoms with van der Waals surface area (Å²) in [6, 6.07) is 12.6. The van der Waals surface area contributed by atoms with E-state index >= 15 is 0 Å². The number of amides is 1. The van der Waals surface area contributed by atoms with Gasteiger partial charge >= 0.3 is 12.1 Å². The molecule has 0 spiro atoms. The van der Waals surface area contributed by atoms with Gasteiger partial charge in [-0.25, -0.2) is 0 Å². The Kier molecular flexibility index (Phi) is 7.43. The number of anilines is 1. The highest BCUT2D eigenvalue weighted by molar-refractivity contribution is 6.04. The Morgan fingerprint density at radius 2 is 1.64 bits per heavy atom. The number of alkyl halides is 3. The van der Waals surface area contributed by atoms with E-state index < -0.39 is 18.6 Å². The van der Waals surface area contributed by atoms with E-state index in [0.717, 1.165) is 0 Å². The van der Waals surface area contributed by atoms with Crippen LogP contribution < -0.4 is 10.1 Å². The fourth-order valence-electron chi connectivity index (χ4n) is 2.36. The molecule has 150 valence electrons. The van der Waals surface area contributed by atoms with Crippen molar-refractivity contribution in [1.29, 1.82) is 0 Å². The Bertz CT molecular complexity index is 787. The third-order valence-electron chi connectivity index (χ3n) is 3.83. The number of carboxylic acids is 1. The second-order valence-corrected chi connectivity index (χ2v) is 6.14. The number of ether oxygens (including phenoxy) is 1. The number of hydrogen-bond donors (Lipinski definition) is 2. The van der Waals surface area contributed by atoms with Gasteiger partial charge in [0, 0.05) is 24.1 Å². The normalized spacial score (nSPS) is 11.1. The standard InChI is InChI=1S/C20H20F3NO4/c21-20(22,23)12-11-14-3-5-15(6-4-14)19(27)24-16-7-9-17(10-8-16)28-13-1-2-18(25)26/h3-10H,1-2,11-13H2,(H,24,27)(H,25,26). The molecule has 2 aromatic rings. The van der Waals surface area contributed by atoms with Gasteiger partial charge in [0.25, 0.3) is 5.91 Å². The molecule has 0 radical (unpaired) electrons. The van der Waals surface area contributed by atoms with E-state index in [1.165, 1.54) is 24.3 Å². The maximum Gasteiger partial charge on any atom is 0.389 e. The number of nitrogens with one attached hydrogen (secondary N) is 1. The minimum Gasteiger partial charge on any atom is -0.494 e. The molecule has 0 bridgehead atoms. The van der Waals surface area contributed by atoms with Gasteiger partial charge in [-0.1, -0.05) is 12.1 Å². The lowest BCUT2D eigenvalue weighted by atomic mass is 10.1. The molecule has 0 heterocycles. The van der Waals surface area contributed by atoms with Crippen LogP contribution in [0.4, 0.5) is 18.9 Å². The first-order valence-electron chi connectivity index (χ1n) is 8.64. The molecule has 1 amide bonds. The van der Waals surface area contributed by atoms with E-state index in [1.54, 1.807) is 24.3 Å². The van der Waals surface area contributed by atoms with Crippen LogP contribution in [0.1, 0.15) is 35.2 Å². The van der Waals surface area contributed by atoms with Crippen LogP contribution in [0.2, 0.25) is 0 Å². The van der Waals surface area contributed by atoms with Gasteiger partial charge in [-0.2, -0.15) is 13.2 Å². The number of carbonyl (C=O) groups excluding carboxylic acids is 1. The second-order valence-electron chi connectivity index (χ2n) is 6.14. The van der Waals surface area contributed by atoms with E-state index in [2.05, 4.69) is 5.32 Å². The van der Waals surface area contributed by atoms with Crippen LogP contribution >= 0.6 is 0 Å². The van der Waals surface area contributed by atoms with Gasteiger partial charge in [-0.15, -0.1) is 0 Å². The summed E-state index contributed by atoms with van der Waals surface area (Å²) in [7, 11) is 0. The predicted octanol–water partition coefficient (Wildman–Crippen LogP) is 4.68. The molecule has 0 saturated carbocycles. The summed E-state index contributed by atoms with van der Waals surface area (Å²) < 4.78 is 42.1. The SMILES string of the molecule is O=C(O)CCCOc1ccc(NC(=O)c2ccc(CCC(F)(F)F)cc2)cc1. The predicted molar refractivity (Wildman–Crippen MR) is 97.6 cm³/mol. The quantitative estimate of drug-likeness (QED) is 0.605. The summed E-state index contributed by atoms with van der Waals surface area (Å²) in [5.74, 6) is -0.704. The van der Waals surface area contributed by atoms with E-state index in [4.69, 9.17) is 9.84 Å². The number of aliphatic carboxylic acids is 1. The van der Waals surface area contributed by atoms with E-state index in [0.29, 0.717) is 29.0 Å². The highest BCUT2D eigenvalue weighted by Gasteiger charge is 2.26. The Morgan fingerprint density at radius 1 is 1.00 bits per heavy atom. The lowest BCUT2D eigenvalue weighted by Crippen LogP contribution is -2.12. The fourth-order valence-corrected chi connectivity index (χ4v) is 2.36. The molecule has 2 rings (SSSR count). The van der Waals surface area contributed by atoms with Gasteiger partial charge in [-0.05, 0) is 54.8 Å². The second kappa shape index (κ2) is 9.77. The molecule has 0 aromatic heterocycles. The zero-order chi connectivity index (χ0) is 20.6. The number of hydrogen-bond acceptors (Lipinski definition) is 3. The van der Waals surface area contributed by atoms with Crippen molar-refractivity contribution in [2.75, 3.05) is 11.9 Å². The lowest BCUT2D eigenvalue weighted by Gasteiger charge is -2.09. The van der Waals surface area contributed by atoms with Crippen molar-refractivity contribution in [3.63, 3.8) is 0 Å². The lowest BCUT2D eigenvalue weighted by molar-refractivity contribution is -0.137. The number of carboxylic acid groups (broad SMARTS) is 1. The van der Waals surface area contributed by atoms with Crippen molar-refractivity contribution >= 4 is 17.6 Å². The monoisotopic (exact) mass is 395 g/mol. The van der Waals surface area contributed by atoms with Crippen LogP contribution in [0.3, 0.4) is 0 Å². The van der Waals surface area contributed by atoms with Crippen LogP contribution in [0.5, 0.6) is 5.75 Å². The average molecular weight is 395 g/mol. The first kappa shape index (κ1) is 21.3. The van der Waals surface area contributed by atoms with Crippen molar-refractivity contribution < 1.29 is 32.6 Å². The molecular formula is C20H20F3NO4. The Labute approximate surface area is 160 Å². The maximum atomic E-state index is 12.2. The number of carbonyl (C=O) groups is 2. The van der Waals surface area contributed by atoms with Crippen molar-refractivity contribution in [2.45, 2.75) is 31.9 Å². The number of benzene rings is 2. The number of rotatable bonds is 9. The van der Waals surface area contributed by atoms with Crippen LogP contribution in [-0.4, -0.2) is 29.8 Å². The van der Waals surface area contributed by atoms with Crippen molar-refractivity contribution in [3.05, 3.63) is 59.7 Å². The van der Waals surface area contributed by atoms with Gasteiger partial charge in [0.05, 0.1) is 6.61 Å².